The van der Waals surface area contributed by atoms with E-state index >= 15 is 0 Å². The molecule has 0 aromatic carbocycles. The molecule has 1 unspecified atom stereocenters. The third kappa shape index (κ3) is 8.23. The number of aliphatic imine (C=N–C) groups is 1. The Bertz CT molecular complexity index is 503. The zero-order valence-corrected chi connectivity index (χ0v) is 20.7. The lowest BCUT2D eigenvalue weighted by Crippen LogP contribution is -2.45. The molecule has 3 aliphatic rings. The summed E-state index contributed by atoms with van der Waals surface area (Å²) in [5, 5.41) is 6.95. The number of nitrogens with one attached hydrogen (secondary N) is 2. The number of amides is 1. The fourth-order valence-electron chi connectivity index (χ4n) is 4.84. The van der Waals surface area contributed by atoms with Gasteiger partial charge in [-0.1, -0.05) is 19.3 Å². The minimum absolute atomic E-state index is 0. The van der Waals surface area contributed by atoms with Crippen molar-refractivity contribution in [3.8, 4) is 0 Å². The molecule has 3 fully saturated rings. The van der Waals surface area contributed by atoms with Crippen LogP contribution < -0.4 is 10.6 Å². The number of hydrogen-bond acceptors (Lipinski definition) is 3. The Morgan fingerprint density at radius 3 is 2.48 bits per heavy atom. The summed E-state index contributed by atoms with van der Waals surface area (Å²) in [5.74, 6) is 1.60. The summed E-state index contributed by atoms with van der Waals surface area (Å²) in [5.41, 5.74) is 0. The van der Waals surface area contributed by atoms with Crippen LogP contribution in [0.2, 0.25) is 0 Å². The molecule has 0 aromatic rings. The van der Waals surface area contributed by atoms with Crippen LogP contribution in [0.15, 0.2) is 4.99 Å². The summed E-state index contributed by atoms with van der Waals surface area (Å²) in [6, 6.07) is 0.329. The minimum Gasteiger partial charge on any atom is -0.357 e. The maximum absolute atomic E-state index is 12.8. The molecule has 29 heavy (non-hydrogen) atoms. The van der Waals surface area contributed by atoms with Gasteiger partial charge in [-0.3, -0.25) is 9.79 Å². The van der Waals surface area contributed by atoms with Gasteiger partial charge in [0.15, 0.2) is 5.96 Å². The Hall–Kier alpha value is -0.570. The molecule has 0 bridgehead atoms. The Kier molecular flexibility index (Phi) is 11.6. The van der Waals surface area contributed by atoms with Crippen molar-refractivity contribution >= 4 is 35.8 Å². The lowest BCUT2D eigenvalue weighted by Gasteiger charge is -2.26. The zero-order valence-electron chi connectivity index (χ0n) is 18.3. The van der Waals surface area contributed by atoms with E-state index in [4.69, 9.17) is 4.99 Å². The highest BCUT2D eigenvalue weighted by Crippen LogP contribution is 2.26. The van der Waals surface area contributed by atoms with E-state index in [1.807, 2.05) is 0 Å². The summed E-state index contributed by atoms with van der Waals surface area (Å²) in [7, 11) is 0. The molecule has 2 aliphatic heterocycles. The third-order valence-corrected chi connectivity index (χ3v) is 6.49. The van der Waals surface area contributed by atoms with Crippen molar-refractivity contribution in [3.05, 3.63) is 0 Å². The molecule has 2 N–H and O–H groups in total. The molecule has 1 saturated carbocycles. The maximum atomic E-state index is 12.8. The van der Waals surface area contributed by atoms with E-state index in [9.17, 15) is 4.79 Å². The Balaban J connectivity index is 0.00000300. The monoisotopic (exact) mass is 519 g/mol. The van der Waals surface area contributed by atoms with E-state index in [0.29, 0.717) is 11.9 Å². The van der Waals surface area contributed by atoms with Gasteiger partial charge in [-0.25, -0.2) is 0 Å². The first-order valence-electron chi connectivity index (χ1n) is 11.8. The Labute approximate surface area is 194 Å². The van der Waals surface area contributed by atoms with Crippen LogP contribution in [0, 0.1) is 5.92 Å². The number of unbranched alkanes of at least 4 members (excludes halogenated alkanes) is 1. The summed E-state index contributed by atoms with van der Waals surface area (Å²) in [6.45, 7) is 9.36. The van der Waals surface area contributed by atoms with Crippen molar-refractivity contribution in [3.63, 3.8) is 0 Å². The van der Waals surface area contributed by atoms with Crippen molar-refractivity contribution in [1.82, 2.24) is 20.4 Å². The van der Waals surface area contributed by atoms with Crippen LogP contribution in [0.4, 0.5) is 0 Å². The fraction of sp³-hybridized carbons (Fsp3) is 0.909. The quantitative estimate of drug-likeness (QED) is 0.224. The van der Waals surface area contributed by atoms with Gasteiger partial charge in [-0.15, -0.1) is 24.0 Å². The van der Waals surface area contributed by atoms with Gasteiger partial charge >= 0.3 is 0 Å². The number of rotatable bonds is 8. The number of hydrogen-bond donors (Lipinski definition) is 2. The minimum atomic E-state index is 0. The van der Waals surface area contributed by atoms with Gasteiger partial charge in [-0.05, 0) is 71.5 Å². The maximum Gasteiger partial charge on any atom is 0.225 e. The molecule has 0 spiro atoms. The molecule has 7 heteroatoms. The molecule has 3 rings (SSSR count). The van der Waals surface area contributed by atoms with Crippen LogP contribution in [0.3, 0.4) is 0 Å². The first-order valence-corrected chi connectivity index (χ1v) is 11.8. The first kappa shape index (κ1) is 24.7. The van der Waals surface area contributed by atoms with Crippen molar-refractivity contribution in [2.75, 3.05) is 45.8 Å². The predicted octanol–water partition coefficient (Wildman–Crippen LogP) is 3.22. The highest BCUT2D eigenvalue weighted by Gasteiger charge is 2.31. The molecule has 2 heterocycles. The normalized spacial score (nSPS) is 23.8. The summed E-state index contributed by atoms with van der Waals surface area (Å²) in [4.78, 5) is 22.2. The molecule has 1 atom stereocenters. The Morgan fingerprint density at radius 2 is 1.76 bits per heavy atom. The van der Waals surface area contributed by atoms with E-state index in [2.05, 4.69) is 27.4 Å². The molecular formula is C22H42IN5O. The number of nitrogens with zero attached hydrogens (tertiary/aromatic N) is 3. The SMILES string of the molecule is CCNC(=NCCCCN1CCCC1)NC1CCN(C(=O)C2CCCCC2)C1.I. The second-order valence-electron chi connectivity index (χ2n) is 8.77. The Morgan fingerprint density at radius 1 is 1.00 bits per heavy atom. The second kappa shape index (κ2) is 13.7. The fourth-order valence-corrected chi connectivity index (χ4v) is 4.84. The van der Waals surface area contributed by atoms with Crippen LogP contribution in [0.25, 0.3) is 0 Å². The molecule has 6 nitrogen and oxygen atoms in total. The number of carbonyl (C=O) groups is 1. The zero-order chi connectivity index (χ0) is 19.6. The molecule has 2 saturated heterocycles. The van der Waals surface area contributed by atoms with E-state index in [1.165, 1.54) is 58.2 Å². The summed E-state index contributed by atoms with van der Waals surface area (Å²) >= 11 is 0. The predicted molar refractivity (Wildman–Crippen MR) is 131 cm³/mol. The highest BCUT2D eigenvalue weighted by molar-refractivity contribution is 14.0. The number of guanidine groups is 1. The molecule has 168 valence electrons. The molecule has 1 amide bonds. The van der Waals surface area contributed by atoms with Crippen LogP contribution in [-0.2, 0) is 4.79 Å². The standard InChI is InChI=1S/C22H41N5O.HI/c1-2-23-22(24-13-6-7-14-26-15-8-9-16-26)25-20-12-17-27(18-20)21(28)19-10-4-3-5-11-19;/h19-20H,2-18H2,1H3,(H2,23,24,25);1H. The van der Waals surface area contributed by atoms with Crippen molar-refractivity contribution in [2.24, 2.45) is 10.9 Å². The van der Waals surface area contributed by atoms with Crippen LogP contribution in [-0.4, -0.2) is 73.5 Å². The number of likely N-dealkylation sites (tertiary alicyclic amines) is 2. The molecular weight excluding hydrogens is 477 g/mol. The van der Waals surface area contributed by atoms with E-state index in [-0.39, 0.29) is 29.9 Å². The van der Waals surface area contributed by atoms with Crippen molar-refractivity contribution < 1.29 is 4.79 Å². The summed E-state index contributed by atoms with van der Waals surface area (Å²) < 4.78 is 0. The van der Waals surface area contributed by atoms with Gasteiger partial charge in [0.1, 0.15) is 0 Å². The first-order chi connectivity index (χ1) is 13.8. The average Bonchev–Trinajstić information content (AvgIpc) is 3.40. The van der Waals surface area contributed by atoms with E-state index in [1.54, 1.807) is 0 Å². The highest BCUT2D eigenvalue weighted by atomic mass is 127. The topological polar surface area (TPSA) is 60.0 Å². The van der Waals surface area contributed by atoms with Crippen LogP contribution in [0.5, 0.6) is 0 Å². The van der Waals surface area contributed by atoms with Gasteiger partial charge in [0, 0.05) is 38.1 Å². The molecule has 1 aliphatic carbocycles. The van der Waals surface area contributed by atoms with Crippen molar-refractivity contribution in [2.45, 2.75) is 77.2 Å². The van der Waals surface area contributed by atoms with Crippen LogP contribution in [0.1, 0.15) is 71.1 Å². The smallest absolute Gasteiger partial charge is 0.225 e. The van der Waals surface area contributed by atoms with E-state index in [0.717, 1.165) is 57.8 Å². The van der Waals surface area contributed by atoms with Gasteiger partial charge in [-0.2, -0.15) is 0 Å². The number of carbonyl (C=O) groups excluding carboxylic acids is 1. The van der Waals surface area contributed by atoms with Gasteiger partial charge < -0.3 is 20.4 Å². The van der Waals surface area contributed by atoms with Crippen molar-refractivity contribution in [1.29, 1.82) is 0 Å². The van der Waals surface area contributed by atoms with Gasteiger partial charge in [0.05, 0.1) is 0 Å². The molecule has 0 aromatic heterocycles. The molecule has 0 radical (unpaired) electrons. The number of halogens is 1. The van der Waals surface area contributed by atoms with Gasteiger partial charge in [0.25, 0.3) is 0 Å². The largest absolute Gasteiger partial charge is 0.357 e. The summed E-state index contributed by atoms with van der Waals surface area (Å²) in [6.07, 6.45) is 12.1. The second-order valence-corrected chi connectivity index (χ2v) is 8.77. The third-order valence-electron chi connectivity index (χ3n) is 6.49. The van der Waals surface area contributed by atoms with Gasteiger partial charge in [0.2, 0.25) is 5.91 Å². The van der Waals surface area contributed by atoms with Crippen LogP contribution >= 0.6 is 24.0 Å². The lowest BCUT2D eigenvalue weighted by atomic mass is 9.88. The van der Waals surface area contributed by atoms with E-state index < -0.39 is 0 Å². The average molecular weight is 520 g/mol. The lowest BCUT2D eigenvalue weighted by molar-refractivity contribution is -0.135.